The van der Waals surface area contributed by atoms with Gasteiger partial charge < -0.3 is 13.8 Å². The first-order valence-electron chi connectivity index (χ1n) is 6.26. The van der Waals surface area contributed by atoms with Crippen LogP contribution in [0, 0.1) is 10.1 Å². The van der Waals surface area contributed by atoms with Crippen molar-refractivity contribution >= 4 is 24.9 Å². The molecule has 7 nitrogen and oxygen atoms in total. The van der Waals surface area contributed by atoms with E-state index in [9.17, 15) is 14.7 Å². The van der Waals surface area contributed by atoms with Crippen molar-refractivity contribution in [2.45, 2.75) is 20.0 Å². The van der Waals surface area contributed by atoms with Crippen molar-refractivity contribution in [2.24, 2.45) is 0 Å². The summed E-state index contributed by atoms with van der Waals surface area (Å²) < 4.78 is 27.8. The first kappa shape index (κ1) is 17.9. The van der Waals surface area contributed by atoms with Crippen molar-refractivity contribution in [3.8, 4) is 5.75 Å². The van der Waals surface area contributed by atoms with E-state index in [4.69, 9.17) is 25.4 Å². The third-order valence-corrected chi connectivity index (χ3v) is 5.02. The number of nitro groups is 1. The minimum absolute atomic E-state index is 0.0336. The Kier molecular flexibility index (Phi) is 6.61. The molecule has 0 atom stereocenters. The molecule has 0 aliphatic heterocycles. The molecule has 0 aliphatic rings. The van der Waals surface area contributed by atoms with E-state index in [0.29, 0.717) is 5.56 Å². The topological polar surface area (TPSA) is 87.9 Å². The van der Waals surface area contributed by atoms with Gasteiger partial charge in [-0.15, -0.1) is 0 Å². The van der Waals surface area contributed by atoms with E-state index < -0.39 is 12.5 Å². The first-order chi connectivity index (χ1) is 9.88. The van der Waals surface area contributed by atoms with Crippen LogP contribution in [0.15, 0.2) is 12.1 Å². The average Bonchev–Trinajstić information content (AvgIpc) is 2.41. The number of nitro benzene ring substituents is 1. The smallest absolute Gasteiger partial charge is 0.335 e. The van der Waals surface area contributed by atoms with Crippen LogP contribution in [0.1, 0.15) is 19.4 Å². The lowest BCUT2D eigenvalue weighted by Gasteiger charge is -2.18. The lowest BCUT2D eigenvalue weighted by atomic mass is 10.2. The summed E-state index contributed by atoms with van der Waals surface area (Å²) in [6.45, 7) is 3.84. The van der Waals surface area contributed by atoms with Crippen LogP contribution in [0.3, 0.4) is 0 Å². The highest BCUT2D eigenvalue weighted by Gasteiger charge is 2.28. The Hall–Kier alpha value is -1.14. The fourth-order valence-electron chi connectivity index (χ4n) is 1.78. The van der Waals surface area contributed by atoms with Crippen molar-refractivity contribution in [2.75, 3.05) is 20.3 Å². The molecule has 9 heteroatoms. The van der Waals surface area contributed by atoms with Gasteiger partial charge in [0.1, 0.15) is 0 Å². The largest absolute Gasteiger partial charge is 0.489 e. The number of benzene rings is 1. The number of rotatable bonds is 8. The molecule has 0 amide bonds. The molecule has 21 heavy (non-hydrogen) atoms. The lowest BCUT2D eigenvalue weighted by Crippen LogP contribution is -2.01. The van der Waals surface area contributed by atoms with Gasteiger partial charge in [-0.25, -0.2) is 0 Å². The highest BCUT2D eigenvalue weighted by molar-refractivity contribution is 7.53. The Morgan fingerprint density at radius 2 is 1.86 bits per heavy atom. The van der Waals surface area contributed by atoms with E-state index in [1.54, 1.807) is 13.8 Å². The van der Waals surface area contributed by atoms with Gasteiger partial charge in [-0.3, -0.25) is 14.7 Å². The maximum Gasteiger partial charge on any atom is 0.335 e. The molecule has 1 rings (SSSR count). The van der Waals surface area contributed by atoms with E-state index in [1.165, 1.54) is 19.2 Å². The van der Waals surface area contributed by atoms with Gasteiger partial charge in [-0.1, -0.05) is 11.6 Å². The second-order valence-electron chi connectivity index (χ2n) is 3.95. The third kappa shape index (κ3) is 4.41. The van der Waals surface area contributed by atoms with E-state index in [2.05, 4.69) is 0 Å². The van der Waals surface area contributed by atoms with E-state index in [0.717, 1.165) is 0 Å². The molecule has 118 valence electrons. The SMILES string of the molecule is CCOP(=O)(Cc1ccc([N+](=O)[O-])c(OC)c1Cl)OCC. The first-order valence-corrected chi connectivity index (χ1v) is 8.37. The Balaban J connectivity index is 3.20. The standard InChI is InChI=1S/C12H17ClNO6P/c1-4-19-21(17,20-5-2)8-9-6-7-10(14(15)16)12(18-3)11(9)13/h6-7H,4-5,8H2,1-3H3. The summed E-state index contributed by atoms with van der Waals surface area (Å²) in [7, 11) is -2.07. The van der Waals surface area contributed by atoms with Crippen molar-refractivity contribution in [3.05, 3.63) is 32.8 Å². The Morgan fingerprint density at radius 3 is 2.29 bits per heavy atom. The highest BCUT2D eigenvalue weighted by atomic mass is 35.5. The molecule has 0 N–H and O–H groups in total. The monoisotopic (exact) mass is 337 g/mol. The predicted octanol–water partition coefficient (Wildman–Crippen LogP) is 4.02. The van der Waals surface area contributed by atoms with Gasteiger partial charge in [0.05, 0.1) is 36.4 Å². The Bertz CT molecular complexity index is 555. The van der Waals surface area contributed by atoms with Gasteiger partial charge in [0.2, 0.25) is 5.75 Å². The quantitative estimate of drug-likeness (QED) is 0.404. The maximum absolute atomic E-state index is 12.5. The Morgan fingerprint density at radius 1 is 1.29 bits per heavy atom. The Labute approximate surface area is 127 Å². The summed E-state index contributed by atoms with van der Waals surface area (Å²) >= 11 is 6.10. The molecule has 0 fully saturated rings. The second-order valence-corrected chi connectivity index (χ2v) is 6.39. The molecule has 1 aromatic rings. The summed E-state index contributed by atoms with van der Waals surface area (Å²) in [4.78, 5) is 10.3. The number of halogens is 1. The molecule has 0 bridgehead atoms. The van der Waals surface area contributed by atoms with Crippen LogP contribution in [0.2, 0.25) is 5.02 Å². The van der Waals surface area contributed by atoms with Crippen LogP contribution in [0.5, 0.6) is 5.75 Å². The molecule has 0 heterocycles. The highest BCUT2D eigenvalue weighted by Crippen LogP contribution is 2.53. The molecule has 0 radical (unpaired) electrons. The van der Waals surface area contributed by atoms with Crippen LogP contribution < -0.4 is 4.74 Å². The predicted molar refractivity (Wildman–Crippen MR) is 79.2 cm³/mol. The fourth-order valence-corrected chi connectivity index (χ4v) is 3.90. The molecule has 0 saturated heterocycles. The number of hydrogen-bond acceptors (Lipinski definition) is 6. The summed E-state index contributed by atoms with van der Waals surface area (Å²) in [6.07, 6.45) is -0.0815. The number of ether oxygens (including phenoxy) is 1. The van der Waals surface area contributed by atoms with Crippen LogP contribution in [0.25, 0.3) is 0 Å². The normalized spacial score (nSPS) is 11.4. The van der Waals surface area contributed by atoms with Gasteiger partial charge in [-0.05, 0) is 25.5 Å². The van der Waals surface area contributed by atoms with Crippen molar-refractivity contribution in [1.29, 1.82) is 0 Å². The second kappa shape index (κ2) is 7.75. The average molecular weight is 338 g/mol. The van der Waals surface area contributed by atoms with Crippen molar-refractivity contribution < 1.29 is 23.3 Å². The van der Waals surface area contributed by atoms with Gasteiger partial charge in [0.15, 0.2) is 0 Å². The van der Waals surface area contributed by atoms with Crippen LogP contribution in [-0.4, -0.2) is 25.2 Å². The number of methoxy groups -OCH3 is 1. The summed E-state index contributed by atoms with van der Waals surface area (Å²) in [5.74, 6) is -0.0706. The minimum atomic E-state index is -3.35. The molecule has 0 saturated carbocycles. The van der Waals surface area contributed by atoms with Gasteiger partial charge in [0, 0.05) is 6.07 Å². The van der Waals surface area contributed by atoms with Crippen LogP contribution in [0.4, 0.5) is 5.69 Å². The summed E-state index contributed by atoms with van der Waals surface area (Å²) in [5.41, 5.74) is 0.151. The molecule has 0 unspecified atom stereocenters. The zero-order valence-corrected chi connectivity index (χ0v) is 13.6. The van der Waals surface area contributed by atoms with E-state index in [1.807, 2.05) is 0 Å². The third-order valence-electron chi connectivity index (χ3n) is 2.57. The van der Waals surface area contributed by atoms with E-state index >= 15 is 0 Å². The number of nitrogens with zero attached hydrogens (tertiary/aromatic N) is 1. The van der Waals surface area contributed by atoms with Gasteiger partial charge in [-0.2, -0.15) is 0 Å². The minimum Gasteiger partial charge on any atom is -0.489 e. The van der Waals surface area contributed by atoms with Crippen molar-refractivity contribution in [3.63, 3.8) is 0 Å². The van der Waals surface area contributed by atoms with Crippen molar-refractivity contribution in [1.82, 2.24) is 0 Å². The molecule has 0 aliphatic carbocycles. The molecule has 0 spiro atoms. The molecule has 0 aromatic heterocycles. The van der Waals surface area contributed by atoms with Gasteiger partial charge >= 0.3 is 13.3 Å². The van der Waals surface area contributed by atoms with E-state index in [-0.39, 0.29) is 35.8 Å². The summed E-state index contributed by atoms with van der Waals surface area (Å²) in [5, 5.41) is 10.9. The molecular formula is C12H17ClNO6P. The zero-order valence-electron chi connectivity index (χ0n) is 12.0. The lowest BCUT2D eigenvalue weighted by molar-refractivity contribution is -0.385. The summed E-state index contributed by atoms with van der Waals surface area (Å²) in [6, 6.07) is 2.68. The zero-order chi connectivity index (χ0) is 16.0. The molecular weight excluding hydrogens is 321 g/mol. The van der Waals surface area contributed by atoms with Crippen LogP contribution >= 0.6 is 19.2 Å². The maximum atomic E-state index is 12.5. The number of hydrogen-bond donors (Lipinski definition) is 0. The van der Waals surface area contributed by atoms with Crippen LogP contribution in [-0.2, 0) is 19.8 Å². The van der Waals surface area contributed by atoms with Gasteiger partial charge in [0.25, 0.3) is 0 Å². The fraction of sp³-hybridized carbons (Fsp3) is 0.500. The molecule has 1 aromatic carbocycles.